The Morgan fingerprint density at radius 2 is 1.80 bits per heavy atom. The number of carbonyl (C=O) groups excluding carboxylic acids is 1. The van der Waals surface area contributed by atoms with Gasteiger partial charge in [0.1, 0.15) is 11.5 Å². The van der Waals surface area contributed by atoms with Crippen molar-refractivity contribution in [3.8, 4) is 11.5 Å². The van der Waals surface area contributed by atoms with Crippen molar-refractivity contribution >= 4 is 21.6 Å². The van der Waals surface area contributed by atoms with Crippen molar-refractivity contribution < 1.29 is 22.7 Å². The number of aryl methyl sites for hydroxylation is 1. The Bertz CT molecular complexity index is 998. The van der Waals surface area contributed by atoms with Gasteiger partial charge in [-0.3, -0.25) is 4.79 Å². The molecule has 162 valence electrons. The maximum Gasteiger partial charge on any atom is 0.227 e. The van der Waals surface area contributed by atoms with Gasteiger partial charge < -0.3 is 14.8 Å². The molecular formula is C22H28N2O5S. The van der Waals surface area contributed by atoms with E-state index in [4.69, 9.17) is 9.47 Å². The number of nitrogens with zero attached hydrogens (tertiary/aromatic N) is 1. The van der Waals surface area contributed by atoms with Gasteiger partial charge >= 0.3 is 0 Å². The summed E-state index contributed by atoms with van der Waals surface area (Å²) in [5.41, 5.74) is 2.31. The second-order valence-corrected chi connectivity index (χ2v) is 9.38. The van der Waals surface area contributed by atoms with E-state index in [0.717, 1.165) is 11.1 Å². The van der Waals surface area contributed by atoms with Crippen LogP contribution in [0, 0.1) is 12.8 Å². The molecule has 1 N–H and O–H groups in total. The minimum absolute atomic E-state index is 0.0163. The van der Waals surface area contributed by atoms with Crippen molar-refractivity contribution in [2.45, 2.75) is 25.5 Å². The van der Waals surface area contributed by atoms with Crippen LogP contribution in [0.4, 0.5) is 5.69 Å². The standard InChI is InChI=1S/C22H28N2O5S/c1-16-6-4-5-7-18(16)15-30(26,27)24-12-10-17(11-13-24)22(25)23-20-14-19(28-2)8-9-21(20)29-3/h4-9,14,17H,10-13,15H2,1-3H3,(H,23,25). The van der Waals surface area contributed by atoms with Gasteiger partial charge in [0.25, 0.3) is 0 Å². The third-order valence-corrected chi connectivity index (χ3v) is 7.31. The molecule has 2 aromatic carbocycles. The number of hydrogen-bond donors (Lipinski definition) is 1. The van der Waals surface area contributed by atoms with E-state index in [0.29, 0.717) is 43.1 Å². The molecule has 1 amide bonds. The highest BCUT2D eigenvalue weighted by Crippen LogP contribution is 2.30. The maximum absolute atomic E-state index is 12.8. The lowest BCUT2D eigenvalue weighted by molar-refractivity contribution is -0.120. The number of amides is 1. The summed E-state index contributed by atoms with van der Waals surface area (Å²) in [4.78, 5) is 12.8. The molecule has 1 aliphatic heterocycles. The monoisotopic (exact) mass is 432 g/mol. The first-order valence-corrected chi connectivity index (χ1v) is 11.5. The number of carbonyl (C=O) groups is 1. The van der Waals surface area contributed by atoms with Gasteiger partial charge in [-0.25, -0.2) is 12.7 Å². The molecule has 8 heteroatoms. The molecule has 1 heterocycles. The van der Waals surface area contributed by atoms with E-state index >= 15 is 0 Å². The Morgan fingerprint density at radius 1 is 1.10 bits per heavy atom. The van der Waals surface area contributed by atoms with Crippen LogP contribution in [-0.4, -0.2) is 45.9 Å². The van der Waals surface area contributed by atoms with Crippen molar-refractivity contribution in [1.82, 2.24) is 4.31 Å². The zero-order valence-electron chi connectivity index (χ0n) is 17.6. The minimum Gasteiger partial charge on any atom is -0.497 e. The number of piperidine rings is 1. The van der Waals surface area contributed by atoms with Gasteiger partial charge in [-0.05, 0) is 43.0 Å². The Balaban J connectivity index is 1.61. The maximum atomic E-state index is 12.8. The Labute approximate surface area is 178 Å². The first-order valence-electron chi connectivity index (χ1n) is 9.89. The van der Waals surface area contributed by atoms with Gasteiger partial charge in [0, 0.05) is 25.1 Å². The first kappa shape index (κ1) is 22.1. The van der Waals surface area contributed by atoms with Crippen molar-refractivity contribution in [2.75, 3.05) is 32.6 Å². The predicted molar refractivity (Wildman–Crippen MR) is 116 cm³/mol. The van der Waals surface area contributed by atoms with Gasteiger partial charge in [0.05, 0.1) is 25.7 Å². The highest BCUT2D eigenvalue weighted by molar-refractivity contribution is 7.88. The Hall–Kier alpha value is -2.58. The predicted octanol–water partition coefficient (Wildman–Crippen LogP) is 3.19. The van der Waals surface area contributed by atoms with Crippen LogP contribution in [0.15, 0.2) is 42.5 Å². The zero-order chi connectivity index (χ0) is 21.7. The average molecular weight is 433 g/mol. The summed E-state index contributed by atoms with van der Waals surface area (Å²) in [5, 5.41) is 2.89. The van der Waals surface area contributed by atoms with Crippen LogP contribution < -0.4 is 14.8 Å². The van der Waals surface area contributed by atoms with Gasteiger partial charge in [-0.1, -0.05) is 24.3 Å². The van der Waals surface area contributed by atoms with Crippen LogP contribution >= 0.6 is 0 Å². The summed E-state index contributed by atoms with van der Waals surface area (Å²) in [6, 6.07) is 12.7. The lowest BCUT2D eigenvalue weighted by Crippen LogP contribution is -2.42. The van der Waals surface area contributed by atoms with Crippen molar-refractivity contribution in [3.05, 3.63) is 53.6 Å². The summed E-state index contributed by atoms with van der Waals surface area (Å²) < 4.78 is 37.7. The molecule has 0 radical (unpaired) electrons. The average Bonchev–Trinajstić information content (AvgIpc) is 2.75. The quantitative estimate of drug-likeness (QED) is 0.726. The number of ether oxygens (including phenoxy) is 2. The third kappa shape index (κ3) is 5.12. The fraction of sp³-hybridized carbons (Fsp3) is 0.409. The van der Waals surface area contributed by atoms with Gasteiger partial charge in [0.15, 0.2) is 0 Å². The highest BCUT2D eigenvalue weighted by Gasteiger charge is 2.31. The summed E-state index contributed by atoms with van der Waals surface area (Å²) in [5.74, 6) is 0.742. The lowest BCUT2D eigenvalue weighted by Gasteiger charge is -2.30. The first-order chi connectivity index (χ1) is 14.3. The zero-order valence-corrected chi connectivity index (χ0v) is 18.4. The molecule has 1 saturated heterocycles. The van der Waals surface area contributed by atoms with Crippen LogP contribution in [0.3, 0.4) is 0 Å². The fourth-order valence-corrected chi connectivity index (χ4v) is 5.27. The summed E-state index contributed by atoms with van der Waals surface area (Å²) >= 11 is 0. The topological polar surface area (TPSA) is 84.9 Å². The van der Waals surface area contributed by atoms with Crippen LogP contribution in [0.2, 0.25) is 0 Å². The van der Waals surface area contributed by atoms with E-state index in [1.54, 1.807) is 25.3 Å². The number of anilines is 1. The molecule has 1 fully saturated rings. The molecule has 0 spiro atoms. The molecule has 0 saturated carbocycles. The number of nitrogens with one attached hydrogen (secondary N) is 1. The third-order valence-electron chi connectivity index (χ3n) is 5.48. The molecule has 3 rings (SSSR count). The number of benzene rings is 2. The van der Waals surface area contributed by atoms with E-state index in [1.807, 2.05) is 31.2 Å². The van der Waals surface area contributed by atoms with E-state index in [9.17, 15) is 13.2 Å². The van der Waals surface area contributed by atoms with Crippen LogP contribution in [0.1, 0.15) is 24.0 Å². The molecule has 0 atom stereocenters. The summed E-state index contributed by atoms with van der Waals surface area (Å²) in [6.07, 6.45) is 0.955. The Morgan fingerprint density at radius 3 is 2.43 bits per heavy atom. The molecular weight excluding hydrogens is 404 g/mol. The van der Waals surface area contributed by atoms with Crippen LogP contribution in [-0.2, 0) is 20.6 Å². The summed E-state index contributed by atoms with van der Waals surface area (Å²) in [6.45, 7) is 2.58. The second-order valence-electron chi connectivity index (χ2n) is 7.41. The summed E-state index contributed by atoms with van der Waals surface area (Å²) in [7, 11) is -0.328. The van der Waals surface area contributed by atoms with E-state index < -0.39 is 10.0 Å². The highest BCUT2D eigenvalue weighted by atomic mass is 32.2. The number of methoxy groups -OCH3 is 2. The minimum atomic E-state index is -3.42. The Kier molecular flexibility index (Phi) is 6.99. The second kappa shape index (κ2) is 9.49. The number of sulfonamides is 1. The molecule has 30 heavy (non-hydrogen) atoms. The number of rotatable bonds is 7. The van der Waals surface area contributed by atoms with Crippen LogP contribution in [0.5, 0.6) is 11.5 Å². The van der Waals surface area contributed by atoms with Crippen LogP contribution in [0.25, 0.3) is 0 Å². The molecule has 0 bridgehead atoms. The SMILES string of the molecule is COc1ccc(OC)c(NC(=O)C2CCN(S(=O)(=O)Cc3ccccc3C)CC2)c1. The molecule has 7 nitrogen and oxygen atoms in total. The fourth-order valence-electron chi connectivity index (χ4n) is 3.60. The van der Waals surface area contributed by atoms with Crippen molar-refractivity contribution in [3.63, 3.8) is 0 Å². The van der Waals surface area contributed by atoms with E-state index in [2.05, 4.69) is 5.32 Å². The van der Waals surface area contributed by atoms with Crippen molar-refractivity contribution in [1.29, 1.82) is 0 Å². The molecule has 0 aromatic heterocycles. The molecule has 0 unspecified atom stereocenters. The van der Waals surface area contributed by atoms with Crippen molar-refractivity contribution in [2.24, 2.45) is 5.92 Å². The lowest BCUT2D eigenvalue weighted by atomic mass is 9.97. The van der Waals surface area contributed by atoms with E-state index in [1.165, 1.54) is 11.4 Å². The largest absolute Gasteiger partial charge is 0.497 e. The van der Waals surface area contributed by atoms with Gasteiger partial charge in [-0.2, -0.15) is 0 Å². The molecule has 0 aliphatic carbocycles. The van der Waals surface area contributed by atoms with E-state index in [-0.39, 0.29) is 17.6 Å². The smallest absolute Gasteiger partial charge is 0.227 e. The molecule has 2 aromatic rings. The normalized spacial score (nSPS) is 15.6. The van der Waals surface area contributed by atoms with Gasteiger partial charge in [-0.15, -0.1) is 0 Å². The van der Waals surface area contributed by atoms with Gasteiger partial charge in [0.2, 0.25) is 15.9 Å². The molecule has 1 aliphatic rings. The number of hydrogen-bond acceptors (Lipinski definition) is 5.